The van der Waals surface area contributed by atoms with Gasteiger partial charge in [-0.2, -0.15) is 0 Å². The molecule has 0 bridgehead atoms. The highest BCUT2D eigenvalue weighted by molar-refractivity contribution is 5.75. The van der Waals surface area contributed by atoms with E-state index >= 15 is 0 Å². The Labute approximate surface area is 127 Å². The van der Waals surface area contributed by atoms with Gasteiger partial charge in [0, 0.05) is 12.6 Å². The number of fused-ring (bicyclic) bond motifs is 1. The first-order valence-corrected chi connectivity index (χ1v) is 8.12. The first-order valence-electron chi connectivity index (χ1n) is 8.12. The highest BCUT2D eigenvalue weighted by Crippen LogP contribution is 2.43. The molecule has 1 saturated heterocycles. The topological polar surface area (TPSA) is 40.5 Å². The molecule has 21 heavy (non-hydrogen) atoms. The Hall–Kier alpha value is -1.35. The number of carboxylic acid groups (broad SMARTS) is 1. The summed E-state index contributed by atoms with van der Waals surface area (Å²) in [6, 6.07) is 7.16. The van der Waals surface area contributed by atoms with E-state index in [1.165, 1.54) is 16.7 Å². The maximum atomic E-state index is 11.7. The zero-order valence-electron chi connectivity index (χ0n) is 13.1. The van der Waals surface area contributed by atoms with Crippen LogP contribution in [0.5, 0.6) is 0 Å². The fourth-order valence-corrected chi connectivity index (χ4v) is 4.21. The van der Waals surface area contributed by atoms with Crippen LogP contribution in [-0.4, -0.2) is 29.1 Å². The molecular formula is C18H25NO2. The Morgan fingerprint density at radius 2 is 2.29 bits per heavy atom. The van der Waals surface area contributed by atoms with Crippen molar-refractivity contribution in [3.8, 4) is 0 Å². The van der Waals surface area contributed by atoms with Crippen molar-refractivity contribution in [1.29, 1.82) is 0 Å². The summed E-state index contributed by atoms with van der Waals surface area (Å²) in [5.41, 5.74) is 3.68. The normalized spacial score (nSPS) is 28.8. The number of hydrogen-bond donors (Lipinski definition) is 1. The molecule has 0 spiro atoms. The Bertz CT molecular complexity index is 554. The molecule has 1 aliphatic carbocycles. The quantitative estimate of drug-likeness (QED) is 0.920. The summed E-state index contributed by atoms with van der Waals surface area (Å²) in [6.07, 6.45) is 4.81. The van der Waals surface area contributed by atoms with Crippen LogP contribution in [0.15, 0.2) is 18.2 Å². The van der Waals surface area contributed by atoms with Crippen LogP contribution in [0.1, 0.15) is 55.3 Å². The smallest absolute Gasteiger partial charge is 0.310 e. The van der Waals surface area contributed by atoms with Crippen molar-refractivity contribution in [1.82, 2.24) is 4.90 Å². The van der Waals surface area contributed by atoms with Crippen LogP contribution < -0.4 is 0 Å². The van der Waals surface area contributed by atoms with Gasteiger partial charge in [0.05, 0.1) is 5.41 Å². The Balaban J connectivity index is 1.82. The molecule has 2 aliphatic rings. The second kappa shape index (κ2) is 5.45. The number of hydrogen-bond acceptors (Lipinski definition) is 2. The van der Waals surface area contributed by atoms with E-state index in [0.29, 0.717) is 12.6 Å². The van der Waals surface area contributed by atoms with Gasteiger partial charge in [0.2, 0.25) is 0 Å². The molecule has 1 aromatic rings. The molecule has 1 heterocycles. The maximum absolute atomic E-state index is 11.7. The van der Waals surface area contributed by atoms with Gasteiger partial charge in [-0.05, 0) is 50.3 Å². The molecule has 0 radical (unpaired) electrons. The van der Waals surface area contributed by atoms with Crippen molar-refractivity contribution >= 4 is 5.97 Å². The predicted molar refractivity (Wildman–Crippen MR) is 83.4 cm³/mol. The third-order valence-electron chi connectivity index (χ3n) is 5.35. The SMILES string of the molecule is CCCC1(C(=O)O)CCN(C2CCc3ccc(C)cc32)C1. The molecule has 3 rings (SSSR count). The summed E-state index contributed by atoms with van der Waals surface area (Å²) in [4.78, 5) is 14.2. The third kappa shape index (κ3) is 2.48. The average Bonchev–Trinajstić information content (AvgIpc) is 3.03. The van der Waals surface area contributed by atoms with E-state index in [-0.39, 0.29) is 0 Å². The van der Waals surface area contributed by atoms with Crippen molar-refractivity contribution in [2.45, 2.75) is 52.0 Å². The van der Waals surface area contributed by atoms with Crippen LogP contribution in [0.4, 0.5) is 0 Å². The number of carboxylic acids is 1. The molecule has 3 nitrogen and oxygen atoms in total. The number of carbonyl (C=O) groups is 1. The van der Waals surface area contributed by atoms with Crippen molar-refractivity contribution < 1.29 is 9.90 Å². The minimum Gasteiger partial charge on any atom is -0.481 e. The van der Waals surface area contributed by atoms with Crippen LogP contribution in [0.2, 0.25) is 0 Å². The van der Waals surface area contributed by atoms with E-state index in [0.717, 1.165) is 38.6 Å². The van der Waals surface area contributed by atoms with Crippen LogP contribution in [0.25, 0.3) is 0 Å². The molecule has 0 amide bonds. The van der Waals surface area contributed by atoms with Gasteiger partial charge in [0.1, 0.15) is 0 Å². The van der Waals surface area contributed by atoms with Gasteiger partial charge >= 0.3 is 5.97 Å². The van der Waals surface area contributed by atoms with E-state index in [9.17, 15) is 9.90 Å². The van der Waals surface area contributed by atoms with E-state index in [4.69, 9.17) is 0 Å². The van der Waals surface area contributed by atoms with Gasteiger partial charge in [0.25, 0.3) is 0 Å². The van der Waals surface area contributed by atoms with Gasteiger partial charge in [0.15, 0.2) is 0 Å². The summed E-state index contributed by atoms with van der Waals surface area (Å²) < 4.78 is 0. The summed E-state index contributed by atoms with van der Waals surface area (Å²) in [7, 11) is 0. The molecule has 0 aromatic heterocycles. The van der Waals surface area contributed by atoms with Gasteiger partial charge in [-0.3, -0.25) is 9.69 Å². The second-order valence-electron chi connectivity index (χ2n) is 6.81. The lowest BCUT2D eigenvalue weighted by Crippen LogP contribution is -2.35. The van der Waals surface area contributed by atoms with Gasteiger partial charge in [-0.15, -0.1) is 0 Å². The standard InChI is InChI=1S/C18H25NO2/c1-3-8-18(17(20)21)9-10-19(12-18)16-7-6-14-5-4-13(2)11-15(14)16/h4-5,11,16H,3,6-10,12H2,1-2H3,(H,20,21). The molecule has 0 saturated carbocycles. The van der Waals surface area contributed by atoms with E-state index in [2.05, 4.69) is 36.9 Å². The molecule has 2 unspecified atom stereocenters. The Morgan fingerprint density at radius 3 is 3.00 bits per heavy atom. The van der Waals surface area contributed by atoms with E-state index < -0.39 is 11.4 Å². The van der Waals surface area contributed by atoms with Crippen LogP contribution in [0, 0.1) is 12.3 Å². The molecule has 3 heteroatoms. The fraction of sp³-hybridized carbons (Fsp3) is 0.611. The highest BCUT2D eigenvalue weighted by atomic mass is 16.4. The monoisotopic (exact) mass is 287 g/mol. The molecule has 1 aromatic carbocycles. The number of likely N-dealkylation sites (tertiary alicyclic amines) is 1. The molecule has 2 atom stereocenters. The van der Waals surface area contributed by atoms with Crippen molar-refractivity contribution in [3.63, 3.8) is 0 Å². The summed E-state index contributed by atoms with van der Waals surface area (Å²) in [5.74, 6) is -0.602. The van der Waals surface area contributed by atoms with E-state index in [1.807, 2.05) is 0 Å². The lowest BCUT2D eigenvalue weighted by molar-refractivity contribution is -0.148. The van der Waals surface area contributed by atoms with E-state index in [1.54, 1.807) is 0 Å². The summed E-state index contributed by atoms with van der Waals surface area (Å²) in [5, 5.41) is 9.67. The number of rotatable bonds is 4. The van der Waals surface area contributed by atoms with Crippen molar-refractivity contribution in [2.75, 3.05) is 13.1 Å². The molecule has 114 valence electrons. The highest BCUT2D eigenvalue weighted by Gasteiger charge is 2.46. The van der Waals surface area contributed by atoms with Crippen LogP contribution in [0.3, 0.4) is 0 Å². The van der Waals surface area contributed by atoms with Gasteiger partial charge in [-0.25, -0.2) is 0 Å². The predicted octanol–water partition coefficient (Wildman–Crippen LogP) is 3.56. The molecule has 1 aliphatic heterocycles. The number of aliphatic carboxylic acids is 1. The second-order valence-corrected chi connectivity index (χ2v) is 6.81. The lowest BCUT2D eigenvalue weighted by atomic mass is 9.82. The Kier molecular flexibility index (Phi) is 3.78. The summed E-state index contributed by atoms with van der Waals surface area (Å²) >= 11 is 0. The zero-order chi connectivity index (χ0) is 15.0. The molecule has 1 N–H and O–H groups in total. The number of aryl methyl sites for hydroxylation is 2. The molecule has 1 fully saturated rings. The Morgan fingerprint density at radius 1 is 1.48 bits per heavy atom. The zero-order valence-corrected chi connectivity index (χ0v) is 13.1. The van der Waals surface area contributed by atoms with Gasteiger partial charge in [-0.1, -0.05) is 37.1 Å². The summed E-state index contributed by atoms with van der Waals surface area (Å²) in [6.45, 7) is 5.86. The first kappa shape index (κ1) is 14.6. The minimum atomic E-state index is -0.602. The van der Waals surface area contributed by atoms with Crippen LogP contribution in [-0.2, 0) is 11.2 Å². The largest absolute Gasteiger partial charge is 0.481 e. The van der Waals surface area contributed by atoms with Crippen molar-refractivity contribution in [2.24, 2.45) is 5.41 Å². The number of nitrogens with zero attached hydrogens (tertiary/aromatic N) is 1. The lowest BCUT2D eigenvalue weighted by Gasteiger charge is -2.28. The molecular weight excluding hydrogens is 262 g/mol. The fourth-order valence-electron chi connectivity index (χ4n) is 4.21. The van der Waals surface area contributed by atoms with Gasteiger partial charge < -0.3 is 5.11 Å². The number of benzene rings is 1. The van der Waals surface area contributed by atoms with Crippen molar-refractivity contribution in [3.05, 3.63) is 34.9 Å². The average molecular weight is 287 g/mol. The third-order valence-corrected chi connectivity index (χ3v) is 5.35. The van der Waals surface area contributed by atoms with Crippen LogP contribution >= 0.6 is 0 Å². The maximum Gasteiger partial charge on any atom is 0.310 e. The first-order chi connectivity index (χ1) is 10.1. The minimum absolute atomic E-state index is 0.429.